The summed E-state index contributed by atoms with van der Waals surface area (Å²) >= 11 is 0. The molecule has 0 saturated heterocycles. The van der Waals surface area contributed by atoms with Crippen molar-refractivity contribution in [1.82, 2.24) is 4.90 Å². The zero-order valence-electron chi connectivity index (χ0n) is 18.1. The molecule has 5 nitrogen and oxygen atoms in total. The van der Waals surface area contributed by atoms with Gasteiger partial charge in [0.2, 0.25) is 0 Å². The Bertz CT molecular complexity index is 838. The van der Waals surface area contributed by atoms with Gasteiger partial charge in [-0.15, -0.1) is 0 Å². The fourth-order valence-electron chi connectivity index (χ4n) is 4.25. The van der Waals surface area contributed by atoms with Gasteiger partial charge in [-0.05, 0) is 53.9 Å². The number of benzene rings is 2. The first kappa shape index (κ1) is 23.2. The van der Waals surface area contributed by atoms with Gasteiger partial charge in [0.05, 0.1) is 6.16 Å². The van der Waals surface area contributed by atoms with Crippen LogP contribution in [0.15, 0.2) is 48.5 Å². The Hall–Kier alpha value is -1.49. The first-order chi connectivity index (χ1) is 14.2. The van der Waals surface area contributed by atoms with Crippen molar-refractivity contribution in [3.63, 3.8) is 0 Å². The fourth-order valence-corrected chi connectivity index (χ4v) is 4.93. The molecule has 30 heavy (non-hydrogen) atoms. The highest BCUT2D eigenvalue weighted by molar-refractivity contribution is 7.50. The van der Waals surface area contributed by atoms with Gasteiger partial charge in [-0.1, -0.05) is 62.4 Å². The molecule has 1 aliphatic rings. The normalized spacial score (nSPS) is 20.1. The molecule has 1 aliphatic carbocycles. The van der Waals surface area contributed by atoms with Gasteiger partial charge in [0, 0.05) is 25.2 Å². The van der Waals surface area contributed by atoms with Crippen LogP contribution in [0.25, 0.3) is 0 Å². The van der Waals surface area contributed by atoms with Crippen LogP contribution >= 0.6 is 7.60 Å². The van der Waals surface area contributed by atoms with E-state index in [2.05, 4.69) is 43.0 Å². The number of nitrogens with two attached hydrogens (primary N) is 1. The van der Waals surface area contributed by atoms with E-state index in [9.17, 15) is 14.4 Å². The molecular formula is C24H35N2O3P. The highest BCUT2D eigenvalue weighted by Crippen LogP contribution is 2.39. The maximum absolute atomic E-state index is 11.2. The lowest BCUT2D eigenvalue weighted by atomic mass is 9.90. The van der Waals surface area contributed by atoms with E-state index in [1.165, 1.54) is 11.1 Å². The zero-order chi connectivity index (χ0) is 21.7. The second kappa shape index (κ2) is 10.2. The Morgan fingerprint density at radius 2 is 1.37 bits per heavy atom. The van der Waals surface area contributed by atoms with E-state index in [0.717, 1.165) is 44.3 Å². The number of hydrogen-bond acceptors (Lipinski definition) is 3. The van der Waals surface area contributed by atoms with E-state index in [-0.39, 0.29) is 6.16 Å². The van der Waals surface area contributed by atoms with Crippen molar-refractivity contribution in [2.45, 2.75) is 76.8 Å². The molecule has 2 aromatic carbocycles. The Morgan fingerprint density at radius 3 is 1.83 bits per heavy atom. The summed E-state index contributed by atoms with van der Waals surface area (Å²) in [4.78, 5) is 20.9. The molecule has 0 amide bonds. The summed E-state index contributed by atoms with van der Waals surface area (Å²) in [7, 11) is -4.04. The lowest BCUT2D eigenvalue weighted by Gasteiger charge is -2.36. The van der Waals surface area contributed by atoms with Crippen molar-refractivity contribution in [3.05, 3.63) is 70.8 Å². The molecule has 0 atom stereocenters. The van der Waals surface area contributed by atoms with Crippen molar-refractivity contribution in [2.75, 3.05) is 0 Å². The summed E-state index contributed by atoms with van der Waals surface area (Å²) in [5.41, 5.74) is 10.6. The number of rotatable bonds is 8. The predicted octanol–water partition coefficient (Wildman–Crippen LogP) is 4.76. The molecule has 0 radical (unpaired) electrons. The summed E-state index contributed by atoms with van der Waals surface area (Å²) in [5.74, 6) is 0.529. The van der Waals surface area contributed by atoms with Crippen LogP contribution in [0.5, 0.6) is 0 Å². The van der Waals surface area contributed by atoms with Gasteiger partial charge in [0.25, 0.3) is 0 Å². The minimum absolute atomic E-state index is 0.209. The van der Waals surface area contributed by atoms with Crippen molar-refractivity contribution in [2.24, 2.45) is 5.73 Å². The van der Waals surface area contributed by atoms with Crippen LogP contribution in [0.3, 0.4) is 0 Å². The maximum Gasteiger partial charge on any atom is 0.329 e. The Kier molecular flexibility index (Phi) is 7.89. The first-order valence-electron chi connectivity index (χ1n) is 10.9. The SMILES string of the molecule is CC(C)c1ccc(CN(Cc2ccc(CP(=O)(O)O)cc2)C2CCC(N)CC2)cc1. The van der Waals surface area contributed by atoms with E-state index >= 15 is 0 Å². The Morgan fingerprint density at radius 1 is 0.900 bits per heavy atom. The molecule has 0 aliphatic heterocycles. The molecule has 0 unspecified atom stereocenters. The van der Waals surface area contributed by atoms with Gasteiger partial charge < -0.3 is 15.5 Å². The van der Waals surface area contributed by atoms with Gasteiger partial charge in [0.15, 0.2) is 0 Å². The maximum atomic E-state index is 11.2. The average Bonchev–Trinajstić information content (AvgIpc) is 2.69. The lowest BCUT2D eigenvalue weighted by Crippen LogP contribution is -2.40. The third-order valence-electron chi connectivity index (χ3n) is 6.09. The molecule has 1 fully saturated rings. The third-order valence-corrected chi connectivity index (χ3v) is 6.86. The number of nitrogens with zero attached hydrogens (tertiary/aromatic N) is 1. The molecule has 0 bridgehead atoms. The molecular weight excluding hydrogens is 395 g/mol. The van der Waals surface area contributed by atoms with Crippen LogP contribution in [0.2, 0.25) is 0 Å². The van der Waals surface area contributed by atoms with Gasteiger partial charge >= 0.3 is 7.60 Å². The second-order valence-corrected chi connectivity index (χ2v) is 10.7. The summed E-state index contributed by atoms with van der Waals surface area (Å²) < 4.78 is 11.2. The van der Waals surface area contributed by atoms with Crippen LogP contribution < -0.4 is 5.73 Å². The molecule has 4 N–H and O–H groups in total. The zero-order valence-corrected chi connectivity index (χ0v) is 19.0. The number of hydrogen-bond donors (Lipinski definition) is 3. The average molecular weight is 431 g/mol. The van der Waals surface area contributed by atoms with E-state index in [4.69, 9.17) is 5.73 Å². The largest absolute Gasteiger partial charge is 0.329 e. The van der Waals surface area contributed by atoms with Gasteiger partial charge in [0.1, 0.15) is 0 Å². The first-order valence-corrected chi connectivity index (χ1v) is 12.7. The minimum Gasteiger partial charge on any atom is -0.328 e. The van der Waals surface area contributed by atoms with Crippen molar-refractivity contribution < 1.29 is 14.4 Å². The Labute approximate surface area is 180 Å². The monoisotopic (exact) mass is 430 g/mol. The standard InChI is InChI=1S/C24H35N2O3P/c1-18(2)22-9-7-20(8-10-22)16-26(24-13-11-23(25)12-14-24)15-19-3-5-21(6-4-19)17-30(27,28)29/h3-10,18,23-24H,11-17,25H2,1-2H3,(H2,27,28,29). The van der Waals surface area contributed by atoms with E-state index in [1.807, 2.05) is 24.3 Å². The highest BCUT2D eigenvalue weighted by atomic mass is 31.2. The summed E-state index contributed by atoms with van der Waals surface area (Å²) in [6, 6.07) is 17.4. The fraction of sp³-hybridized carbons (Fsp3) is 0.500. The summed E-state index contributed by atoms with van der Waals surface area (Å²) in [5, 5.41) is 0. The van der Waals surface area contributed by atoms with Gasteiger partial charge in [-0.2, -0.15) is 0 Å². The topological polar surface area (TPSA) is 86.8 Å². The quantitative estimate of drug-likeness (QED) is 0.526. The van der Waals surface area contributed by atoms with Gasteiger partial charge in [-0.25, -0.2) is 0 Å². The summed E-state index contributed by atoms with van der Waals surface area (Å²) in [6.07, 6.45) is 4.14. The minimum atomic E-state index is -4.04. The van der Waals surface area contributed by atoms with Crippen LogP contribution in [0.4, 0.5) is 0 Å². The van der Waals surface area contributed by atoms with Crippen LogP contribution in [-0.4, -0.2) is 26.8 Å². The van der Waals surface area contributed by atoms with E-state index < -0.39 is 7.60 Å². The molecule has 2 aromatic rings. The van der Waals surface area contributed by atoms with Gasteiger partial charge in [-0.3, -0.25) is 9.46 Å². The molecule has 164 valence electrons. The summed E-state index contributed by atoms with van der Waals surface area (Å²) in [6.45, 7) is 6.13. The van der Waals surface area contributed by atoms with E-state index in [1.54, 1.807) is 0 Å². The van der Waals surface area contributed by atoms with Crippen molar-refractivity contribution >= 4 is 7.60 Å². The lowest BCUT2D eigenvalue weighted by molar-refractivity contribution is 0.134. The molecule has 0 heterocycles. The molecule has 0 spiro atoms. The predicted molar refractivity (Wildman–Crippen MR) is 122 cm³/mol. The third kappa shape index (κ3) is 7.04. The molecule has 1 saturated carbocycles. The Balaban J connectivity index is 1.73. The van der Waals surface area contributed by atoms with Crippen molar-refractivity contribution in [1.29, 1.82) is 0 Å². The second-order valence-electron chi connectivity index (χ2n) is 9.01. The molecule has 0 aromatic heterocycles. The van der Waals surface area contributed by atoms with Crippen molar-refractivity contribution in [3.8, 4) is 0 Å². The van der Waals surface area contributed by atoms with Crippen LogP contribution in [0.1, 0.15) is 67.7 Å². The highest BCUT2D eigenvalue weighted by Gasteiger charge is 2.24. The van der Waals surface area contributed by atoms with E-state index in [0.29, 0.717) is 23.6 Å². The van der Waals surface area contributed by atoms with Crippen LogP contribution in [0, 0.1) is 0 Å². The molecule has 3 rings (SSSR count). The molecule has 6 heteroatoms. The smallest absolute Gasteiger partial charge is 0.328 e. The van der Waals surface area contributed by atoms with Crippen LogP contribution in [-0.2, 0) is 23.8 Å².